The van der Waals surface area contributed by atoms with Gasteiger partial charge in [0.25, 0.3) is 0 Å². The Morgan fingerprint density at radius 2 is 0.476 bits per heavy atom. The fourth-order valence-electron chi connectivity index (χ4n) is 10.9. The van der Waals surface area contributed by atoms with Crippen molar-refractivity contribution in [2.75, 3.05) is 13.2 Å². The molecule has 1 atom stereocenters. The van der Waals surface area contributed by atoms with E-state index in [2.05, 4.69) is 81.5 Å². The molecule has 0 bridgehead atoms. The first-order valence-corrected chi connectivity index (χ1v) is 36.3. The molecule has 0 fully saturated rings. The molecule has 6 nitrogen and oxygen atoms in total. The average molecular weight is 1150 g/mol. The lowest BCUT2D eigenvalue weighted by Crippen LogP contribution is -2.30. The highest BCUT2D eigenvalue weighted by Crippen LogP contribution is 2.19. The lowest BCUT2D eigenvalue weighted by atomic mass is 10.0. The highest BCUT2D eigenvalue weighted by molar-refractivity contribution is 5.71. The van der Waals surface area contributed by atoms with Gasteiger partial charge in [0, 0.05) is 19.3 Å². The molecule has 0 rings (SSSR count). The van der Waals surface area contributed by atoms with Crippen LogP contribution in [0.15, 0.2) is 60.8 Å². The lowest BCUT2D eigenvalue weighted by molar-refractivity contribution is -0.167. The number of hydrogen-bond donors (Lipinski definition) is 0. The average Bonchev–Trinajstić information content (AvgIpc) is 3.47. The van der Waals surface area contributed by atoms with Gasteiger partial charge in [-0.3, -0.25) is 14.4 Å². The van der Waals surface area contributed by atoms with E-state index in [-0.39, 0.29) is 31.1 Å². The summed E-state index contributed by atoms with van der Waals surface area (Å²) in [6.45, 7) is 6.56. The molecule has 0 saturated heterocycles. The predicted molar refractivity (Wildman–Crippen MR) is 358 cm³/mol. The Kier molecular flexibility index (Phi) is 68.1. The van der Waals surface area contributed by atoms with Crippen molar-refractivity contribution in [2.24, 2.45) is 0 Å². The second-order valence-electron chi connectivity index (χ2n) is 24.5. The first-order chi connectivity index (χ1) is 40.5. The summed E-state index contributed by atoms with van der Waals surface area (Å²) in [4.78, 5) is 38.3. The van der Waals surface area contributed by atoms with Gasteiger partial charge in [0.15, 0.2) is 6.10 Å². The van der Waals surface area contributed by atoms with Gasteiger partial charge >= 0.3 is 17.9 Å². The molecule has 0 aliphatic heterocycles. The van der Waals surface area contributed by atoms with E-state index in [1.165, 1.54) is 257 Å². The maximum atomic E-state index is 12.9. The van der Waals surface area contributed by atoms with Crippen LogP contribution < -0.4 is 0 Å². The number of carbonyl (C=O) groups excluding carboxylic acids is 3. The van der Waals surface area contributed by atoms with Crippen molar-refractivity contribution in [3.63, 3.8) is 0 Å². The van der Waals surface area contributed by atoms with E-state index in [4.69, 9.17) is 14.2 Å². The Hall–Kier alpha value is -2.89. The second kappa shape index (κ2) is 70.6. The molecule has 0 N–H and O–H groups in total. The van der Waals surface area contributed by atoms with Crippen molar-refractivity contribution in [3.8, 4) is 0 Å². The van der Waals surface area contributed by atoms with Crippen molar-refractivity contribution in [1.82, 2.24) is 0 Å². The number of esters is 3. The Morgan fingerprint density at radius 3 is 0.744 bits per heavy atom. The summed E-state index contributed by atoms with van der Waals surface area (Å²) in [7, 11) is 0. The summed E-state index contributed by atoms with van der Waals surface area (Å²) < 4.78 is 16.9. The number of carbonyl (C=O) groups is 3. The van der Waals surface area contributed by atoms with Gasteiger partial charge in [0.2, 0.25) is 0 Å². The Balaban J connectivity index is 4.03. The monoisotopic (exact) mass is 1150 g/mol. The quantitative estimate of drug-likeness (QED) is 0.0261. The Bertz CT molecular complexity index is 1460. The van der Waals surface area contributed by atoms with E-state index in [1.54, 1.807) is 0 Å². The summed E-state index contributed by atoms with van der Waals surface area (Å²) >= 11 is 0. The van der Waals surface area contributed by atoms with Crippen molar-refractivity contribution in [1.29, 1.82) is 0 Å². The topological polar surface area (TPSA) is 78.9 Å². The van der Waals surface area contributed by atoms with Crippen molar-refractivity contribution >= 4 is 17.9 Å². The van der Waals surface area contributed by atoms with Gasteiger partial charge in [0.1, 0.15) is 13.2 Å². The van der Waals surface area contributed by atoms with Gasteiger partial charge < -0.3 is 14.2 Å². The van der Waals surface area contributed by atoms with Crippen LogP contribution in [0.3, 0.4) is 0 Å². The van der Waals surface area contributed by atoms with Crippen LogP contribution in [-0.2, 0) is 28.6 Å². The van der Waals surface area contributed by atoms with Crippen LogP contribution in [0, 0.1) is 0 Å². The molecule has 0 spiro atoms. The SMILES string of the molecule is CC/C=C\C/C=C\C/C=C\C/C=C\C/C=C\CCCCCCCCCCCCCCCCCCCC(=O)OCC(COC(=O)CCCCCCCCCC)OC(=O)CCCCCCCCCCCCCCCCCCCCCCCCC. The van der Waals surface area contributed by atoms with E-state index >= 15 is 0 Å². The fourth-order valence-corrected chi connectivity index (χ4v) is 10.9. The minimum absolute atomic E-state index is 0.0669. The zero-order valence-electron chi connectivity index (χ0n) is 55.0. The highest BCUT2D eigenvalue weighted by Gasteiger charge is 2.19. The highest BCUT2D eigenvalue weighted by atomic mass is 16.6. The summed E-state index contributed by atoms with van der Waals surface area (Å²) in [6, 6.07) is 0. The first-order valence-electron chi connectivity index (χ1n) is 36.3. The lowest BCUT2D eigenvalue weighted by Gasteiger charge is -2.18. The van der Waals surface area contributed by atoms with E-state index in [1.807, 2.05) is 0 Å². The number of ether oxygens (including phenoxy) is 3. The zero-order chi connectivity index (χ0) is 59.2. The summed E-state index contributed by atoms with van der Waals surface area (Å²) in [6.07, 6.45) is 91.4. The standard InChI is InChI=1S/C76H138O6/c1-4-7-10-13-16-19-21-23-25-27-29-31-33-34-35-36-37-38-39-40-41-42-44-45-47-49-51-53-55-57-60-63-66-69-75(78)81-72-73(71-80-74(77)68-65-62-59-18-15-12-9-6-3)82-76(79)70-67-64-61-58-56-54-52-50-48-46-43-32-30-28-26-24-22-20-17-14-11-8-5-2/h7,10,16,19,23,25,29,31,34-35,73H,4-6,8-9,11-15,17-18,20-22,24,26-28,30,32-33,36-72H2,1-3H3/b10-7-,19-16-,25-23-,31-29-,35-34-. The van der Waals surface area contributed by atoms with E-state index in [0.29, 0.717) is 19.3 Å². The Morgan fingerprint density at radius 1 is 0.256 bits per heavy atom. The first kappa shape index (κ1) is 79.1. The molecule has 0 heterocycles. The largest absolute Gasteiger partial charge is 0.462 e. The Labute approximate surface area is 510 Å². The fraction of sp³-hybridized carbons (Fsp3) is 0.829. The third-order valence-corrected chi connectivity index (χ3v) is 16.3. The van der Waals surface area contributed by atoms with Crippen LogP contribution >= 0.6 is 0 Å². The van der Waals surface area contributed by atoms with E-state index < -0.39 is 6.10 Å². The van der Waals surface area contributed by atoms with E-state index in [0.717, 1.165) is 89.9 Å². The molecule has 0 aromatic rings. The third kappa shape index (κ3) is 67.9. The second-order valence-corrected chi connectivity index (χ2v) is 24.5. The van der Waals surface area contributed by atoms with Gasteiger partial charge in [-0.05, 0) is 64.2 Å². The number of allylic oxidation sites excluding steroid dienone is 10. The summed E-state index contributed by atoms with van der Waals surface area (Å²) in [5.41, 5.74) is 0. The third-order valence-electron chi connectivity index (χ3n) is 16.3. The number of hydrogen-bond acceptors (Lipinski definition) is 6. The van der Waals surface area contributed by atoms with Gasteiger partial charge in [-0.15, -0.1) is 0 Å². The summed E-state index contributed by atoms with van der Waals surface area (Å²) in [5.74, 6) is -0.844. The molecule has 0 aromatic carbocycles. The van der Waals surface area contributed by atoms with Crippen LogP contribution in [-0.4, -0.2) is 37.2 Å². The smallest absolute Gasteiger partial charge is 0.306 e. The van der Waals surface area contributed by atoms with Gasteiger partial charge in [-0.2, -0.15) is 0 Å². The van der Waals surface area contributed by atoms with Crippen molar-refractivity contribution in [2.45, 2.75) is 393 Å². The molecular formula is C76H138O6. The zero-order valence-corrected chi connectivity index (χ0v) is 55.0. The maximum Gasteiger partial charge on any atom is 0.306 e. The molecule has 0 radical (unpaired) electrons. The molecule has 478 valence electrons. The molecule has 6 heteroatoms. The molecule has 82 heavy (non-hydrogen) atoms. The van der Waals surface area contributed by atoms with Gasteiger partial charge in [-0.1, -0.05) is 364 Å². The normalized spacial score (nSPS) is 12.4. The van der Waals surface area contributed by atoms with Crippen LogP contribution in [0.2, 0.25) is 0 Å². The minimum Gasteiger partial charge on any atom is -0.462 e. The maximum absolute atomic E-state index is 12.9. The molecular weight excluding hydrogens is 1010 g/mol. The minimum atomic E-state index is -0.768. The molecule has 0 aliphatic rings. The number of unbranched alkanes of at least 4 members (excludes halogenated alkanes) is 46. The van der Waals surface area contributed by atoms with E-state index in [9.17, 15) is 14.4 Å². The van der Waals surface area contributed by atoms with Crippen LogP contribution in [0.25, 0.3) is 0 Å². The predicted octanol–water partition coefficient (Wildman–Crippen LogP) is 25.1. The molecule has 0 aromatic heterocycles. The van der Waals surface area contributed by atoms with Crippen molar-refractivity contribution < 1.29 is 28.6 Å². The van der Waals surface area contributed by atoms with Crippen LogP contribution in [0.4, 0.5) is 0 Å². The van der Waals surface area contributed by atoms with Crippen LogP contribution in [0.5, 0.6) is 0 Å². The number of rotatable bonds is 67. The van der Waals surface area contributed by atoms with Gasteiger partial charge in [0.05, 0.1) is 0 Å². The molecule has 1 unspecified atom stereocenters. The molecule has 0 saturated carbocycles. The van der Waals surface area contributed by atoms with Crippen molar-refractivity contribution in [3.05, 3.63) is 60.8 Å². The van der Waals surface area contributed by atoms with Crippen LogP contribution in [0.1, 0.15) is 387 Å². The molecule has 0 amide bonds. The van der Waals surface area contributed by atoms with Gasteiger partial charge in [-0.25, -0.2) is 0 Å². The molecule has 0 aliphatic carbocycles. The summed E-state index contributed by atoms with van der Waals surface area (Å²) in [5, 5.41) is 0.